The van der Waals surface area contributed by atoms with Gasteiger partial charge in [-0.2, -0.15) is 0 Å². The summed E-state index contributed by atoms with van der Waals surface area (Å²) < 4.78 is 28.2. The number of sulfonamides is 1. The van der Waals surface area contributed by atoms with Gasteiger partial charge in [0.25, 0.3) is 0 Å². The Morgan fingerprint density at radius 1 is 1.11 bits per heavy atom. The average Bonchev–Trinajstić information content (AvgIpc) is 3.09. The second kappa shape index (κ2) is 7.64. The highest BCUT2D eigenvalue weighted by atomic mass is 32.2. The van der Waals surface area contributed by atoms with Crippen molar-refractivity contribution in [3.8, 4) is 11.3 Å². The van der Waals surface area contributed by atoms with E-state index in [1.165, 1.54) is 17.7 Å². The lowest BCUT2D eigenvalue weighted by Gasteiger charge is -2.24. The number of aromatic nitrogens is 1. The molecule has 1 heterocycles. The van der Waals surface area contributed by atoms with Crippen molar-refractivity contribution in [3.63, 3.8) is 0 Å². The molecule has 7 heteroatoms. The summed E-state index contributed by atoms with van der Waals surface area (Å²) in [6.07, 6.45) is 0. The molecule has 1 atom stereocenters. The molecule has 0 aliphatic rings. The average molecular weight is 385 g/mol. The minimum Gasteiger partial charge on any atom is -0.359 e. The van der Waals surface area contributed by atoms with Crippen LogP contribution < -0.4 is 5.14 Å². The first-order valence-electron chi connectivity index (χ1n) is 8.59. The van der Waals surface area contributed by atoms with Gasteiger partial charge in [0.2, 0.25) is 10.0 Å². The molecule has 2 N–H and O–H groups in total. The Balaban J connectivity index is 1.69. The Hall–Kier alpha value is -2.48. The van der Waals surface area contributed by atoms with Crippen molar-refractivity contribution in [1.29, 1.82) is 0 Å². The summed E-state index contributed by atoms with van der Waals surface area (Å²) in [7, 11) is -1.70. The van der Waals surface area contributed by atoms with E-state index < -0.39 is 10.0 Å². The quantitative estimate of drug-likeness (QED) is 0.701. The first-order valence-corrected chi connectivity index (χ1v) is 10.1. The molecule has 0 bridgehead atoms. The molecule has 142 valence electrons. The van der Waals surface area contributed by atoms with Crippen molar-refractivity contribution in [2.75, 3.05) is 7.05 Å². The maximum atomic E-state index is 11.4. The first-order chi connectivity index (χ1) is 12.7. The number of aryl methyl sites for hydroxylation is 1. The van der Waals surface area contributed by atoms with Crippen LogP contribution in [0.15, 0.2) is 64.0 Å². The summed E-state index contributed by atoms with van der Waals surface area (Å²) in [5.74, 6) is 0.765. The smallest absolute Gasteiger partial charge is 0.238 e. The summed E-state index contributed by atoms with van der Waals surface area (Å²) in [5.41, 5.74) is 4.01. The van der Waals surface area contributed by atoms with Crippen molar-refractivity contribution >= 4 is 10.0 Å². The van der Waals surface area contributed by atoms with E-state index in [0.29, 0.717) is 6.54 Å². The second-order valence-corrected chi connectivity index (χ2v) is 8.31. The first kappa shape index (κ1) is 19.3. The van der Waals surface area contributed by atoms with Crippen LogP contribution in [0.5, 0.6) is 0 Å². The highest BCUT2D eigenvalue weighted by Crippen LogP contribution is 2.24. The van der Waals surface area contributed by atoms with E-state index in [1.54, 1.807) is 12.1 Å². The predicted octanol–water partition coefficient (Wildman–Crippen LogP) is 3.49. The molecular weight excluding hydrogens is 362 g/mol. The number of hydrogen-bond donors (Lipinski definition) is 1. The Bertz CT molecular complexity index is 1010. The van der Waals surface area contributed by atoms with E-state index >= 15 is 0 Å². The fraction of sp³-hybridized carbons (Fsp3) is 0.250. The SMILES string of the molecule is Cc1ccc(-c2cc(CN(C)C(C)c3ccc(S(N)(=O)=O)cc3)on2)cc1. The Kier molecular flexibility index (Phi) is 5.46. The van der Waals surface area contributed by atoms with Crippen molar-refractivity contribution in [2.24, 2.45) is 5.14 Å². The van der Waals surface area contributed by atoms with Gasteiger partial charge < -0.3 is 4.52 Å². The van der Waals surface area contributed by atoms with Gasteiger partial charge in [-0.25, -0.2) is 13.6 Å². The topological polar surface area (TPSA) is 89.4 Å². The fourth-order valence-electron chi connectivity index (χ4n) is 2.82. The lowest BCUT2D eigenvalue weighted by molar-refractivity contribution is 0.221. The van der Waals surface area contributed by atoms with Crippen LogP contribution in [0.3, 0.4) is 0 Å². The summed E-state index contributed by atoms with van der Waals surface area (Å²) in [6.45, 7) is 4.67. The van der Waals surface area contributed by atoms with Gasteiger partial charge in [-0.05, 0) is 38.6 Å². The van der Waals surface area contributed by atoms with Crippen molar-refractivity contribution < 1.29 is 12.9 Å². The highest BCUT2D eigenvalue weighted by Gasteiger charge is 2.16. The van der Waals surface area contributed by atoms with E-state index in [9.17, 15) is 8.42 Å². The predicted molar refractivity (Wildman–Crippen MR) is 104 cm³/mol. The molecule has 6 nitrogen and oxygen atoms in total. The molecule has 0 fully saturated rings. The molecule has 0 spiro atoms. The van der Waals surface area contributed by atoms with Crippen LogP contribution in [0.1, 0.15) is 29.9 Å². The Labute approximate surface area is 159 Å². The van der Waals surface area contributed by atoms with Gasteiger partial charge in [0.05, 0.1) is 11.4 Å². The van der Waals surface area contributed by atoms with Crippen LogP contribution in [0.4, 0.5) is 0 Å². The number of primary sulfonamides is 1. The van der Waals surface area contributed by atoms with Crippen LogP contribution in [0.25, 0.3) is 11.3 Å². The van der Waals surface area contributed by atoms with Gasteiger partial charge in [0.15, 0.2) is 5.76 Å². The maximum Gasteiger partial charge on any atom is 0.238 e. The zero-order chi connectivity index (χ0) is 19.6. The van der Waals surface area contributed by atoms with Crippen LogP contribution in [0, 0.1) is 6.92 Å². The third-order valence-electron chi connectivity index (χ3n) is 4.66. The lowest BCUT2D eigenvalue weighted by Crippen LogP contribution is -2.21. The summed E-state index contributed by atoms with van der Waals surface area (Å²) in [4.78, 5) is 2.21. The van der Waals surface area contributed by atoms with Gasteiger partial charge in [0.1, 0.15) is 5.69 Å². The fourth-order valence-corrected chi connectivity index (χ4v) is 3.34. The number of nitrogens with two attached hydrogens (primary N) is 1. The van der Waals surface area contributed by atoms with Gasteiger partial charge in [0, 0.05) is 17.7 Å². The van der Waals surface area contributed by atoms with Crippen LogP contribution in [0.2, 0.25) is 0 Å². The molecule has 0 saturated carbocycles. The molecule has 3 rings (SSSR count). The largest absolute Gasteiger partial charge is 0.359 e. The Morgan fingerprint density at radius 2 is 1.74 bits per heavy atom. The molecule has 0 amide bonds. The number of rotatable bonds is 6. The van der Waals surface area contributed by atoms with Crippen molar-refractivity contribution in [3.05, 3.63) is 71.5 Å². The van der Waals surface area contributed by atoms with Gasteiger partial charge in [-0.1, -0.05) is 47.1 Å². The van der Waals surface area contributed by atoms with Gasteiger partial charge in [-0.3, -0.25) is 4.90 Å². The molecule has 3 aromatic rings. The third-order valence-corrected chi connectivity index (χ3v) is 5.59. The molecule has 2 aromatic carbocycles. The van der Waals surface area contributed by atoms with Crippen molar-refractivity contribution in [2.45, 2.75) is 31.3 Å². The maximum absolute atomic E-state index is 11.4. The minimum absolute atomic E-state index is 0.0625. The zero-order valence-electron chi connectivity index (χ0n) is 15.6. The van der Waals surface area contributed by atoms with E-state index in [2.05, 4.69) is 10.1 Å². The van der Waals surface area contributed by atoms with Crippen LogP contribution in [-0.4, -0.2) is 25.5 Å². The monoisotopic (exact) mass is 385 g/mol. The molecule has 1 unspecified atom stereocenters. The summed E-state index contributed by atoms with van der Waals surface area (Å²) in [6, 6.07) is 16.7. The number of hydrogen-bond acceptors (Lipinski definition) is 5. The van der Waals surface area contributed by atoms with Gasteiger partial charge >= 0.3 is 0 Å². The normalized spacial score (nSPS) is 13.1. The van der Waals surface area contributed by atoms with E-state index in [-0.39, 0.29) is 10.9 Å². The number of benzene rings is 2. The molecule has 0 radical (unpaired) electrons. The standard InChI is InChI=1S/C20H23N3O3S/c1-14-4-6-17(7-5-14)20-12-18(26-22-20)13-23(3)15(2)16-8-10-19(11-9-16)27(21,24)25/h4-12,15H,13H2,1-3H3,(H2,21,24,25). The minimum atomic E-state index is -3.68. The second-order valence-electron chi connectivity index (χ2n) is 6.75. The highest BCUT2D eigenvalue weighted by molar-refractivity contribution is 7.89. The molecule has 27 heavy (non-hydrogen) atoms. The summed E-state index contributed by atoms with van der Waals surface area (Å²) >= 11 is 0. The van der Waals surface area contributed by atoms with E-state index in [4.69, 9.17) is 9.66 Å². The van der Waals surface area contributed by atoms with Crippen LogP contribution in [-0.2, 0) is 16.6 Å². The van der Waals surface area contributed by atoms with Crippen LogP contribution >= 0.6 is 0 Å². The molecular formula is C20H23N3O3S. The van der Waals surface area contributed by atoms with Crippen molar-refractivity contribution in [1.82, 2.24) is 10.1 Å². The molecule has 0 aliphatic heterocycles. The Morgan fingerprint density at radius 3 is 2.33 bits per heavy atom. The summed E-state index contributed by atoms with van der Waals surface area (Å²) in [5, 5.41) is 9.30. The van der Waals surface area contributed by atoms with E-state index in [1.807, 2.05) is 51.2 Å². The molecule has 0 saturated heterocycles. The third kappa shape index (κ3) is 4.63. The molecule has 0 aliphatic carbocycles. The zero-order valence-corrected chi connectivity index (χ0v) is 16.4. The lowest BCUT2D eigenvalue weighted by atomic mass is 10.1. The molecule has 1 aromatic heterocycles. The van der Waals surface area contributed by atoms with Gasteiger partial charge in [-0.15, -0.1) is 0 Å². The van der Waals surface area contributed by atoms with E-state index in [0.717, 1.165) is 22.6 Å². The number of nitrogens with zero attached hydrogens (tertiary/aromatic N) is 2.